The Hall–Kier alpha value is -1.95. The largest absolute Gasteiger partial charge is 0.493 e. The summed E-state index contributed by atoms with van der Waals surface area (Å²) in [4.78, 5) is 14.9. The van der Waals surface area contributed by atoms with Crippen LogP contribution < -0.4 is 14.8 Å². The molecule has 0 saturated carbocycles. The minimum Gasteiger partial charge on any atom is -0.493 e. The van der Waals surface area contributed by atoms with Gasteiger partial charge < -0.3 is 14.8 Å². The van der Waals surface area contributed by atoms with Gasteiger partial charge in [0.25, 0.3) is 0 Å². The summed E-state index contributed by atoms with van der Waals surface area (Å²) in [5.74, 6) is 1.46. The molecule has 1 fully saturated rings. The van der Waals surface area contributed by atoms with Gasteiger partial charge in [0.05, 0.1) is 24.3 Å². The molecule has 7 heteroatoms. The molecule has 1 aliphatic heterocycles. The minimum atomic E-state index is 0.0289. The number of methoxy groups -OCH3 is 2. The molecule has 29 heavy (non-hydrogen) atoms. The number of benzene rings is 2. The number of likely N-dealkylation sites (tertiary alicyclic amines) is 1. The molecular weight excluding hydrogens is 411 g/mol. The van der Waals surface area contributed by atoms with E-state index in [9.17, 15) is 4.79 Å². The molecule has 0 radical (unpaired) electrons. The number of nitrogens with one attached hydrogen (secondary N) is 1. The molecule has 1 saturated heterocycles. The maximum absolute atomic E-state index is 12.6. The van der Waals surface area contributed by atoms with Crippen molar-refractivity contribution in [2.45, 2.75) is 25.9 Å². The maximum atomic E-state index is 12.6. The predicted octanol–water partition coefficient (Wildman–Crippen LogP) is 4.54. The molecule has 0 aliphatic carbocycles. The van der Waals surface area contributed by atoms with Gasteiger partial charge in [-0.05, 0) is 55.3 Å². The van der Waals surface area contributed by atoms with Crippen molar-refractivity contribution in [3.05, 3.63) is 57.6 Å². The van der Waals surface area contributed by atoms with Crippen LogP contribution >= 0.6 is 23.2 Å². The average Bonchev–Trinajstić information content (AvgIpc) is 2.75. The summed E-state index contributed by atoms with van der Waals surface area (Å²) in [5, 5.41) is 4.24. The van der Waals surface area contributed by atoms with Crippen molar-refractivity contribution in [1.29, 1.82) is 0 Å². The summed E-state index contributed by atoms with van der Waals surface area (Å²) >= 11 is 12.4. The number of piperidine rings is 1. The Morgan fingerprint density at radius 3 is 2.52 bits per heavy atom. The second-order valence-corrected chi connectivity index (χ2v) is 7.96. The van der Waals surface area contributed by atoms with Crippen molar-refractivity contribution in [2.75, 3.05) is 27.3 Å². The molecule has 1 aliphatic rings. The topological polar surface area (TPSA) is 50.8 Å². The van der Waals surface area contributed by atoms with Crippen molar-refractivity contribution in [3.63, 3.8) is 0 Å². The first-order valence-electron chi connectivity index (χ1n) is 9.65. The van der Waals surface area contributed by atoms with Gasteiger partial charge in [0.15, 0.2) is 11.5 Å². The van der Waals surface area contributed by atoms with E-state index in [1.54, 1.807) is 20.3 Å². The summed E-state index contributed by atoms with van der Waals surface area (Å²) in [6.07, 6.45) is 1.66. The van der Waals surface area contributed by atoms with Crippen LogP contribution in [0.25, 0.3) is 0 Å². The minimum absolute atomic E-state index is 0.0289. The van der Waals surface area contributed by atoms with E-state index in [2.05, 4.69) is 10.2 Å². The van der Waals surface area contributed by atoms with Crippen molar-refractivity contribution in [2.24, 2.45) is 5.92 Å². The molecule has 3 rings (SSSR count). The molecule has 0 aromatic heterocycles. The van der Waals surface area contributed by atoms with Crippen molar-refractivity contribution >= 4 is 29.1 Å². The van der Waals surface area contributed by atoms with E-state index in [1.807, 2.05) is 30.3 Å². The number of ether oxygens (including phenoxy) is 2. The highest BCUT2D eigenvalue weighted by Gasteiger charge is 2.25. The van der Waals surface area contributed by atoms with Gasteiger partial charge >= 0.3 is 0 Å². The number of hydrogen-bond donors (Lipinski definition) is 1. The first kappa shape index (κ1) is 21.8. The number of carbonyl (C=O) groups is 1. The third-order valence-corrected chi connectivity index (χ3v) is 6.16. The molecule has 0 unspecified atom stereocenters. The fourth-order valence-electron chi connectivity index (χ4n) is 3.59. The Morgan fingerprint density at radius 1 is 1.10 bits per heavy atom. The molecule has 0 spiro atoms. The van der Waals surface area contributed by atoms with Crippen LogP contribution in [-0.2, 0) is 17.9 Å². The Labute approximate surface area is 181 Å². The first-order valence-corrected chi connectivity index (χ1v) is 10.4. The Kier molecular flexibility index (Phi) is 7.64. The van der Waals surface area contributed by atoms with Gasteiger partial charge in [-0.1, -0.05) is 41.4 Å². The highest BCUT2D eigenvalue weighted by atomic mass is 35.5. The van der Waals surface area contributed by atoms with Crippen LogP contribution in [0.5, 0.6) is 11.5 Å². The summed E-state index contributed by atoms with van der Waals surface area (Å²) in [5.41, 5.74) is 2.00. The molecule has 0 atom stereocenters. The quantitative estimate of drug-likeness (QED) is 0.691. The first-order chi connectivity index (χ1) is 14.0. The zero-order chi connectivity index (χ0) is 20.8. The molecule has 1 N–H and O–H groups in total. The van der Waals surface area contributed by atoms with E-state index in [4.69, 9.17) is 32.7 Å². The van der Waals surface area contributed by atoms with Crippen LogP contribution in [0, 0.1) is 5.92 Å². The summed E-state index contributed by atoms with van der Waals surface area (Å²) in [6.45, 7) is 2.94. The highest BCUT2D eigenvalue weighted by molar-refractivity contribution is 6.42. The van der Waals surface area contributed by atoms with Gasteiger partial charge in [0.2, 0.25) is 5.91 Å². The zero-order valence-corrected chi connectivity index (χ0v) is 18.2. The van der Waals surface area contributed by atoms with E-state index >= 15 is 0 Å². The number of carbonyl (C=O) groups excluding carboxylic acids is 1. The number of nitrogens with zero attached hydrogens (tertiary/aromatic N) is 1. The van der Waals surface area contributed by atoms with Crippen LogP contribution in [-0.4, -0.2) is 38.1 Å². The van der Waals surface area contributed by atoms with E-state index < -0.39 is 0 Å². The second kappa shape index (κ2) is 10.2. The average molecular weight is 437 g/mol. The number of hydrogen-bond acceptors (Lipinski definition) is 4. The standard InChI is InChI=1S/C22H26Cl2N2O3/c1-28-19-7-6-15(12-20(19)29-2)13-25-22(27)16-8-10-26(11-9-16)14-17-4-3-5-18(23)21(17)24/h3-7,12,16H,8-11,13-14H2,1-2H3,(H,25,27). The van der Waals surface area contributed by atoms with Crippen LogP contribution in [0.2, 0.25) is 10.0 Å². The lowest BCUT2D eigenvalue weighted by Gasteiger charge is -2.31. The van der Waals surface area contributed by atoms with Crippen LogP contribution in [0.1, 0.15) is 24.0 Å². The monoisotopic (exact) mass is 436 g/mol. The summed E-state index contributed by atoms with van der Waals surface area (Å²) in [7, 11) is 3.20. The van der Waals surface area contributed by atoms with Gasteiger partial charge in [-0.2, -0.15) is 0 Å². The van der Waals surface area contributed by atoms with Crippen molar-refractivity contribution in [1.82, 2.24) is 10.2 Å². The highest BCUT2D eigenvalue weighted by Crippen LogP contribution is 2.29. The third kappa shape index (κ3) is 5.56. The lowest BCUT2D eigenvalue weighted by atomic mass is 9.95. The van der Waals surface area contributed by atoms with Gasteiger partial charge in [-0.15, -0.1) is 0 Å². The second-order valence-electron chi connectivity index (χ2n) is 7.17. The number of amides is 1. The van der Waals surface area contributed by atoms with Crippen LogP contribution in [0.3, 0.4) is 0 Å². The molecule has 2 aromatic carbocycles. The number of halogens is 2. The Balaban J connectivity index is 1.48. The van der Waals surface area contributed by atoms with Crippen molar-refractivity contribution < 1.29 is 14.3 Å². The van der Waals surface area contributed by atoms with Crippen LogP contribution in [0.15, 0.2) is 36.4 Å². The smallest absolute Gasteiger partial charge is 0.223 e. The lowest BCUT2D eigenvalue weighted by Crippen LogP contribution is -2.40. The van der Waals surface area contributed by atoms with Gasteiger partial charge in [0, 0.05) is 19.0 Å². The van der Waals surface area contributed by atoms with Gasteiger partial charge in [-0.3, -0.25) is 9.69 Å². The summed E-state index contributed by atoms with van der Waals surface area (Å²) in [6, 6.07) is 11.4. The van der Waals surface area contributed by atoms with Gasteiger partial charge in [-0.25, -0.2) is 0 Å². The molecule has 156 valence electrons. The summed E-state index contributed by atoms with van der Waals surface area (Å²) < 4.78 is 10.6. The van der Waals surface area contributed by atoms with E-state index in [-0.39, 0.29) is 11.8 Å². The van der Waals surface area contributed by atoms with E-state index in [0.717, 1.165) is 43.6 Å². The predicted molar refractivity (Wildman–Crippen MR) is 116 cm³/mol. The molecule has 2 aromatic rings. The molecule has 1 amide bonds. The third-order valence-electron chi connectivity index (χ3n) is 5.30. The fraction of sp³-hybridized carbons (Fsp3) is 0.409. The lowest BCUT2D eigenvalue weighted by molar-refractivity contribution is -0.126. The SMILES string of the molecule is COc1ccc(CNC(=O)C2CCN(Cc3cccc(Cl)c3Cl)CC2)cc1OC. The molecule has 5 nitrogen and oxygen atoms in total. The zero-order valence-electron chi connectivity index (χ0n) is 16.7. The van der Waals surface area contributed by atoms with E-state index in [0.29, 0.717) is 28.1 Å². The Morgan fingerprint density at radius 2 is 1.83 bits per heavy atom. The fourth-order valence-corrected chi connectivity index (χ4v) is 3.97. The normalized spacial score (nSPS) is 15.2. The molecular formula is C22H26Cl2N2O3. The van der Waals surface area contributed by atoms with Crippen molar-refractivity contribution in [3.8, 4) is 11.5 Å². The van der Waals surface area contributed by atoms with Crippen LogP contribution in [0.4, 0.5) is 0 Å². The van der Waals surface area contributed by atoms with E-state index in [1.165, 1.54) is 0 Å². The molecule has 1 heterocycles. The van der Waals surface area contributed by atoms with Gasteiger partial charge in [0.1, 0.15) is 0 Å². The maximum Gasteiger partial charge on any atom is 0.223 e. The molecule has 0 bridgehead atoms. The number of rotatable bonds is 7. The Bertz CT molecular complexity index is 852.